The fraction of sp³-hybridized carbons (Fsp3) is 0.900. The van der Waals surface area contributed by atoms with E-state index in [9.17, 15) is 61.0 Å². The van der Waals surface area contributed by atoms with Crippen molar-refractivity contribution >= 4 is 5.91 Å². The van der Waals surface area contributed by atoms with Crippen molar-refractivity contribution in [3.05, 3.63) is 36.5 Å². The molecule has 19 heteroatoms. The maximum atomic E-state index is 13.4. The Bertz CT molecular complexity index is 1760. The van der Waals surface area contributed by atoms with E-state index in [2.05, 4.69) is 55.6 Å². The monoisotopic (exact) mass is 1270 g/mol. The fourth-order valence-corrected chi connectivity index (χ4v) is 12.2. The normalized spacial score (nSPS) is 28.4. The molecule has 0 radical (unpaired) electrons. The number of ether oxygens (including phenoxy) is 6. The van der Waals surface area contributed by atoms with E-state index >= 15 is 0 Å². The first-order chi connectivity index (χ1) is 43.3. The molecule has 3 aliphatic heterocycles. The summed E-state index contributed by atoms with van der Waals surface area (Å²) in [7, 11) is 0. The molecule has 0 bridgehead atoms. The molecule has 3 aliphatic rings. The standard InChI is InChI=1S/C70H129NO18/c1-3-5-7-9-11-13-15-17-18-19-20-21-22-23-24-25-26-27-28-29-30-31-32-33-34-36-37-39-41-43-45-47-54(75)53(71-58(76)48-46-44-42-40-38-35-16-14-12-10-8-6-4-2)52-84-68-64(82)61(79)66(56(50-73)86-68)89-70-65(83)62(80)67(57(51-74)87-70)88-69-63(81)60(78)59(77)55(49-72)85-69/h6,8,12,14,35,38,53-57,59-70,72-75,77-83H,3-5,7,9-11,13,15-34,36-37,39-52H2,1-2H3,(H,71,76)/b8-6-,14-12-,38-35-. The first-order valence-corrected chi connectivity index (χ1v) is 35.7. The number of aliphatic hydroxyl groups excluding tert-OH is 11. The SMILES string of the molecule is CC/C=C\C/C=C\C/C=C\CCCCCC(=O)NC(COC1OC(CO)C(OC2OC(CO)C(OC3OC(CO)C(O)C(O)C3O)C(O)C2O)C(O)C1O)C(O)CCCCCCCCCCCCCCCCCCCCCCCCCCCCCCCCC. The van der Waals surface area contributed by atoms with Gasteiger partial charge in [-0.2, -0.15) is 0 Å². The molecule has 17 atom stereocenters. The van der Waals surface area contributed by atoms with Crippen LogP contribution in [-0.2, 0) is 33.2 Å². The summed E-state index contributed by atoms with van der Waals surface area (Å²) in [6, 6.07) is -0.903. The molecule has 0 aromatic heterocycles. The van der Waals surface area contributed by atoms with Crippen LogP contribution in [0.1, 0.15) is 271 Å². The van der Waals surface area contributed by atoms with Crippen LogP contribution >= 0.6 is 0 Å². The molecule has 3 fully saturated rings. The van der Waals surface area contributed by atoms with Crippen LogP contribution in [0.2, 0.25) is 0 Å². The summed E-state index contributed by atoms with van der Waals surface area (Å²) in [5.74, 6) is -0.270. The fourth-order valence-electron chi connectivity index (χ4n) is 12.2. The summed E-state index contributed by atoms with van der Waals surface area (Å²) >= 11 is 0. The van der Waals surface area contributed by atoms with Gasteiger partial charge >= 0.3 is 0 Å². The molecule has 3 heterocycles. The molecule has 0 aromatic carbocycles. The van der Waals surface area contributed by atoms with Gasteiger partial charge in [0.2, 0.25) is 5.91 Å². The molecular formula is C70H129NO18. The molecule has 0 spiro atoms. The minimum Gasteiger partial charge on any atom is -0.394 e. The van der Waals surface area contributed by atoms with E-state index in [-0.39, 0.29) is 18.9 Å². The predicted molar refractivity (Wildman–Crippen MR) is 346 cm³/mol. The van der Waals surface area contributed by atoms with Crippen molar-refractivity contribution in [1.29, 1.82) is 0 Å². The summed E-state index contributed by atoms with van der Waals surface area (Å²) in [4.78, 5) is 13.4. The molecule has 3 saturated heterocycles. The summed E-state index contributed by atoms with van der Waals surface area (Å²) in [6.07, 6.45) is 34.0. The lowest BCUT2D eigenvalue weighted by molar-refractivity contribution is -0.379. The molecule has 3 rings (SSSR count). The molecule has 17 unspecified atom stereocenters. The van der Waals surface area contributed by atoms with E-state index in [0.717, 1.165) is 64.2 Å². The van der Waals surface area contributed by atoms with Crippen LogP contribution < -0.4 is 5.32 Å². The van der Waals surface area contributed by atoms with Gasteiger partial charge < -0.3 is 89.9 Å². The smallest absolute Gasteiger partial charge is 0.220 e. The number of hydrogen-bond donors (Lipinski definition) is 12. The Kier molecular flexibility index (Phi) is 47.7. The van der Waals surface area contributed by atoms with Crippen LogP contribution in [0.3, 0.4) is 0 Å². The van der Waals surface area contributed by atoms with Gasteiger partial charge in [-0.05, 0) is 44.9 Å². The molecule has 89 heavy (non-hydrogen) atoms. The third-order valence-corrected chi connectivity index (χ3v) is 18.0. The van der Waals surface area contributed by atoms with Crippen molar-refractivity contribution in [3.63, 3.8) is 0 Å². The number of nitrogens with one attached hydrogen (secondary N) is 1. The zero-order valence-corrected chi connectivity index (χ0v) is 55.2. The van der Waals surface area contributed by atoms with Crippen molar-refractivity contribution in [1.82, 2.24) is 5.32 Å². The number of allylic oxidation sites excluding steroid dienone is 6. The Morgan fingerprint density at radius 2 is 0.775 bits per heavy atom. The number of carbonyl (C=O) groups excluding carboxylic acids is 1. The van der Waals surface area contributed by atoms with Crippen LogP contribution in [0.25, 0.3) is 0 Å². The Balaban J connectivity index is 1.37. The van der Waals surface area contributed by atoms with E-state index in [4.69, 9.17) is 28.4 Å². The lowest BCUT2D eigenvalue weighted by atomic mass is 9.96. The topological polar surface area (TPSA) is 307 Å². The predicted octanol–water partition coefficient (Wildman–Crippen LogP) is 9.61. The number of rotatable bonds is 55. The van der Waals surface area contributed by atoms with Crippen molar-refractivity contribution in [2.45, 2.75) is 375 Å². The van der Waals surface area contributed by atoms with Crippen LogP contribution in [-0.4, -0.2) is 193 Å². The third-order valence-electron chi connectivity index (χ3n) is 18.0. The van der Waals surface area contributed by atoms with Gasteiger partial charge in [-0.15, -0.1) is 0 Å². The third kappa shape index (κ3) is 34.3. The second-order valence-electron chi connectivity index (χ2n) is 25.7. The Hall–Kier alpha value is -1.99. The quantitative estimate of drug-likeness (QED) is 0.0199. The van der Waals surface area contributed by atoms with Crippen LogP contribution in [0.4, 0.5) is 0 Å². The van der Waals surface area contributed by atoms with Crippen LogP contribution in [0.15, 0.2) is 36.5 Å². The summed E-state index contributed by atoms with van der Waals surface area (Å²) < 4.78 is 34.4. The molecule has 0 aromatic rings. The number of unbranched alkanes of at least 4 members (excludes halogenated alkanes) is 33. The molecular weight excluding hydrogens is 1140 g/mol. The van der Waals surface area contributed by atoms with Gasteiger partial charge in [0.05, 0.1) is 38.6 Å². The largest absolute Gasteiger partial charge is 0.394 e. The van der Waals surface area contributed by atoms with Gasteiger partial charge in [-0.25, -0.2) is 0 Å². The molecule has 0 saturated carbocycles. The number of aliphatic hydroxyl groups is 11. The zero-order valence-electron chi connectivity index (χ0n) is 55.2. The highest BCUT2D eigenvalue weighted by molar-refractivity contribution is 5.76. The Labute approximate surface area is 536 Å². The van der Waals surface area contributed by atoms with Gasteiger partial charge in [0, 0.05) is 6.42 Å². The minimum atomic E-state index is -1.98. The lowest BCUT2D eigenvalue weighted by Gasteiger charge is -2.48. The summed E-state index contributed by atoms with van der Waals surface area (Å²) in [6.45, 7) is 1.68. The van der Waals surface area contributed by atoms with Gasteiger partial charge in [0.25, 0.3) is 0 Å². The van der Waals surface area contributed by atoms with E-state index in [1.165, 1.54) is 173 Å². The first kappa shape index (κ1) is 81.2. The average molecular weight is 1270 g/mol. The number of carbonyl (C=O) groups is 1. The summed E-state index contributed by atoms with van der Waals surface area (Å²) in [5.41, 5.74) is 0. The Morgan fingerprint density at radius 1 is 0.416 bits per heavy atom. The molecule has 1 amide bonds. The average Bonchev–Trinajstić information content (AvgIpc) is 2.38. The van der Waals surface area contributed by atoms with Crippen molar-refractivity contribution < 1.29 is 89.4 Å². The van der Waals surface area contributed by atoms with E-state index in [1.54, 1.807) is 0 Å². The molecule has 19 nitrogen and oxygen atoms in total. The van der Waals surface area contributed by atoms with Crippen LogP contribution in [0, 0.1) is 0 Å². The highest BCUT2D eigenvalue weighted by Gasteiger charge is 2.53. The number of hydrogen-bond acceptors (Lipinski definition) is 18. The van der Waals surface area contributed by atoms with Gasteiger partial charge in [0.15, 0.2) is 18.9 Å². The van der Waals surface area contributed by atoms with Crippen LogP contribution in [0.5, 0.6) is 0 Å². The van der Waals surface area contributed by atoms with Gasteiger partial charge in [-0.3, -0.25) is 4.79 Å². The second kappa shape index (κ2) is 52.3. The summed E-state index contributed by atoms with van der Waals surface area (Å²) in [5, 5.41) is 121. The molecule has 12 N–H and O–H groups in total. The first-order valence-electron chi connectivity index (χ1n) is 35.7. The minimum absolute atomic E-state index is 0.231. The second-order valence-corrected chi connectivity index (χ2v) is 25.7. The van der Waals surface area contributed by atoms with Gasteiger partial charge in [0.1, 0.15) is 73.2 Å². The van der Waals surface area contributed by atoms with E-state index < -0.39 is 124 Å². The molecule has 0 aliphatic carbocycles. The maximum Gasteiger partial charge on any atom is 0.220 e. The van der Waals surface area contributed by atoms with Crippen molar-refractivity contribution in [2.75, 3.05) is 26.4 Å². The van der Waals surface area contributed by atoms with Gasteiger partial charge in [-0.1, -0.05) is 256 Å². The highest BCUT2D eigenvalue weighted by Crippen LogP contribution is 2.33. The van der Waals surface area contributed by atoms with E-state index in [1.807, 2.05) is 0 Å². The Morgan fingerprint density at radius 3 is 1.20 bits per heavy atom. The van der Waals surface area contributed by atoms with Crippen molar-refractivity contribution in [2.24, 2.45) is 0 Å². The van der Waals surface area contributed by atoms with Crippen molar-refractivity contribution in [3.8, 4) is 0 Å². The maximum absolute atomic E-state index is 13.4. The number of amides is 1. The van der Waals surface area contributed by atoms with E-state index in [0.29, 0.717) is 12.8 Å². The lowest BCUT2D eigenvalue weighted by Crippen LogP contribution is -2.66. The molecule has 522 valence electrons. The zero-order chi connectivity index (χ0) is 64.7. The highest BCUT2D eigenvalue weighted by atomic mass is 16.8.